The number of ether oxygens (including phenoxy) is 2. The van der Waals surface area contributed by atoms with Crippen LogP contribution in [0.2, 0.25) is 0 Å². The zero-order chi connectivity index (χ0) is 27.2. The molecule has 0 aliphatic carbocycles. The van der Waals surface area contributed by atoms with E-state index >= 15 is 0 Å². The van der Waals surface area contributed by atoms with Crippen molar-refractivity contribution in [2.75, 3.05) is 51.6 Å². The summed E-state index contributed by atoms with van der Waals surface area (Å²) in [5.74, 6) is 0.351. The lowest BCUT2D eigenvalue weighted by atomic mass is 9.90. The topological polar surface area (TPSA) is 83.5 Å². The Morgan fingerprint density at radius 1 is 0.947 bits per heavy atom. The summed E-state index contributed by atoms with van der Waals surface area (Å²) in [6.07, 6.45) is 0.427. The highest BCUT2D eigenvalue weighted by atomic mass is 16.5. The van der Waals surface area contributed by atoms with E-state index in [1.54, 1.807) is 25.2 Å². The molecule has 1 heterocycles. The summed E-state index contributed by atoms with van der Waals surface area (Å²) in [7, 11) is 7.11. The molecule has 0 saturated heterocycles. The van der Waals surface area contributed by atoms with Crippen molar-refractivity contribution >= 4 is 34.6 Å². The predicted octanol–water partition coefficient (Wildman–Crippen LogP) is 4.87. The first-order chi connectivity index (χ1) is 18.4. The van der Waals surface area contributed by atoms with E-state index in [0.717, 1.165) is 23.4 Å². The highest BCUT2D eigenvalue weighted by molar-refractivity contribution is 6.24. The first kappa shape index (κ1) is 26.9. The Morgan fingerprint density at radius 2 is 1.61 bits per heavy atom. The number of nitrogens with one attached hydrogen (secondary N) is 1. The second-order valence-corrected chi connectivity index (χ2v) is 9.30. The minimum atomic E-state index is -0.634. The Bertz CT molecular complexity index is 1320. The fourth-order valence-corrected chi connectivity index (χ4v) is 4.50. The number of hydrogen-bond acceptors (Lipinski definition) is 6. The summed E-state index contributed by atoms with van der Waals surface area (Å²) in [5, 5.41) is 2.97. The number of nitrogens with zero attached hydrogens (tertiary/aromatic N) is 3. The van der Waals surface area contributed by atoms with Crippen LogP contribution in [0.15, 0.2) is 71.7 Å². The second-order valence-electron chi connectivity index (χ2n) is 9.30. The summed E-state index contributed by atoms with van der Waals surface area (Å²) in [6.45, 7) is 3.22. The van der Waals surface area contributed by atoms with Gasteiger partial charge in [0.1, 0.15) is 5.92 Å². The Hall–Kier alpha value is -4.17. The third-order valence-electron chi connectivity index (χ3n) is 6.52. The normalized spacial score (nSPS) is 14.7. The van der Waals surface area contributed by atoms with Gasteiger partial charge in [0.2, 0.25) is 11.8 Å². The van der Waals surface area contributed by atoms with Gasteiger partial charge in [0.25, 0.3) is 0 Å². The number of hydrogen-bond donors (Lipinski definition) is 1. The molecule has 0 aromatic heterocycles. The fraction of sp³-hybridized carbons (Fsp3) is 0.300. The third kappa shape index (κ3) is 5.70. The van der Waals surface area contributed by atoms with E-state index in [1.165, 1.54) is 0 Å². The monoisotopic (exact) mass is 514 g/mol. The summed E-state index contributed by atoms with van der Waals surface area (Å²) >= 11 is 0. The van der Waals surface area contributed by atoms with Gasteiger partial charge in [0, 0.05) is 37.0 Å². The molecule has 0 bridgehead atoms. The summed E-state index contributed by atoms with van der Waals surface area (Å²) in [6, 6.07) is 20.9. The second kappa shape index (κ2) is 11.9. The quantitative estimate of drug-likeness (QED) is 0.391. The van der Waals surface area contributed by atoms with Crippen LogP contribution in [0.25, 0.3) is 0 Å². The number of methoxy groups -OCH3 is 2. The van der Waals surface area contributed by atoms with Crippen molar-refractivity contribution in [3.63, 3.8) is 0 Å². The molecule has 8 nitrogen and oxygen atoms in total. The Labute approximate surface area is 223 Å². The van der Waals surface area contributed by atoms with E-state index in [0.29, 0.717) is 41.6 Å². The smallest absolute Gasteiger partial charge is 0.238 e. The molecule has 1 aliphatic heterocycles. The van der Waals surface area contributed by atoms with E-state index in [4.69, 9.17) is 14.5 Å². The van der Waals surface area contributed by atoms with Crippen LogP contribution in [0.3, 0.4) is 0 Å². The highest BCUT2D eigenvalue weighted by Gasteiger charge is 2.36. The molecule has 0 saturated carbocycles. The van der Waals surface area contributed by atoms with Gasteiger partial charge in [-0.15, -0.1) is 0 Å². The average molecular weight is 515 g/mol. The van der Waals surface area contributed by atoms with Crippen molar-refractivity contribution in [1.29, 1.82) is 0 Å². The zero-order valence-corrected chi connectivity index (χ0v) is 22.5. The van der Waals surface area contributed by atoms with E-state index < -0.39 is 5.92 Å². The van der Waals surface area contributed by atoms with E-state index in [1.807, 2.05) is 81.7 Å². The van der Waals surface area contributed by atoms with Crippen LogP contribution in [-0.4, -0.2) is 63.8 Å². The number of rotatable bonds is 10. The lowest BCUT2D eigenvalue weighted by molar-refractivity contribution is -0.118. The average Bonchev–Trinajstić information content (AvgIpc) is 3.25. The van der Waals surface area contributed by atoms with E-state index in [2.05, 4.69) is 10.2 Å². The molecular formula is C30H34N4O4. The molecule has 38 heavy (non-hydrogen) atoms. The van der Waals surface area contributed by atoms with Gasteiger partial charge < -0.3 is 24.6 Å². The van der Waals surface area contributed by atoms with Gasteiger partial charge in [0.15, 0.2) is 11.5 Å². The molecule has 0 radical (unpaired) electrons. The largest absolute Gasteiger partial charge is 0.493 e. The number of fused-ring (bicyclic) bond motifs is 1. The van der Waals surface area contributed by atoms with Gasteiger partial charge in [-0.05, 0) is 55.6 Å². The minimum absolute atomic E-state index is 0.0664. The molecule has 3 aromatic carbocycles. The Kier molecular flexibility index (Phi) is 8.43. The van der Waals surface area contributed by atoms with Crippen LogP contribution in [0, 0.1) is 0 Å². The number of likely N-dealkylation sites (N-methyl/N-ethyl adjacent to an activating group) is 1. The maximum atomic E-state index is 13.3. The number of carbonyl (C=O) groups excluding carboxylic acids is 2. The van der Waals surface area contributed by atoms with Crippen LogP contribution in [0.1, 0.15) is 30.4 Å². The summed E-state index contributed by atoms with van der Waals surface area (Å²) < 4.78 is 10.9. The molecule has 1 unspecified atom stereocenters. The maximum Gasteiger partial charge on any atom is 0.238 e. The minimum Gasteiger partial charge on any atom is -0.493 e. The van der Waals surface area contributed by atoms with Gasteiger partial charge in [-0.3, -0.25) is 14.6 Å². The highest BCUT2D eigenvalue weighted by Crippen LogP contribution is 2.42. The molecule has 1 N–H and O–H groups in total. The van der Waals surface area contributed by atoms with Gasteiger partial charge in [0.05, 0.1) is 25.6 Å². The molecule has 1 atom stereocenters. The summed E-state index contributed by atoms with van der Waals surface area (Å²) in [4.78, 5) is 34.7. The third-order valence-corrected chi connectivity index (χ3v) is 6.52. The molecule has 198 valence electrons. The number of benzene rings is 3. The van der Waals surface area contributed by atoms with Crippen molar-refractivity contribution < 1.29 is 19.1 Å². The first-order valence-electron chi connectivity index (χ1n) is 12.6. The Balaban J connectivity index is 1.75. The maximum absolute atomic E-state index is 13.3. The van der Waals surface area contributed by atoms with E-state index in [9.17, 15) is 9.59 Å². The lowest BCUT2D eigenvalue weighted by Crippen LogP contribution is -2.36. The number of aliphatic imine (C=N–C) groups is 1. The van der Waals surface area contributed by atoms with Crippen LogP contribution < -0.4 is 19.7 Å². The predicted molar refractivity (Wildman–Crippen MR) is 151 cm³/mol. The SMILES string of the molecule is CCC(=O)N(CCN(C)C)c1ccc(N=C(c2ccccc2)C2C(=O)Nc3cc(OC)c(OC)cc32)cc1. The van der Waals surface area contributed by atoms with Crippen molar-refractivity contribution in [3.05, 3.63) is 77.9 Å². The van der Waals surface area contributed by atoms with Gasteiger partial charge in [-0.1, -0.05) is 37.3 Å². The fourth-order valence-electron chi connectivity index (χ4n) is 4.50. The standard InChI is InChI=1S/C30H34N4O4/c1-6-27(35)34(17-16-33(2)3)22-14-12-21(13-15-22)31-29(20-10-8-7-9-11-20)28-23-18-25(37-4)26(38-5)19-24(23)32-30(28)36/h7-15,18-19,28H,6,16-17H2,1-5H3,(H,32,36). The van der Waals surface area contributed by atoms with Crippen molar-refractivity contribution in [2.24, 2.45) is 4.99 Å². The number of carbonyl (C=O) groups is 2. The van der Waals surface area contributed by atoms with Gasteiger partial charge in [-0.2, -0.15) is 0 Å². The van der Waals surface area contributed by atoms with Crippen molar-refractivity contribution in [2.45, 2.75) is 19.3 Å². The van der Waals surface area contributed by atoms with Crippen molar-refractivity contribution in [3.8, 4) is 11.5 Å². The first-order valence-corrected chi connectivity index (χ1v) is 12.6. The molecule has 2 amide bonds. The van der Waals surface area contributed by atoms with Crippen LogP contribution in [0.5, 0.6) is 11.5 Å². The Morgan fingerprint density at radius 3 is 2.21 bits per heavy atom. The summed E-state index contributed by atoms with van der Waals surface area (Å²) in [5.41, 5.74) is 4.41. The molecule has 0 spiro atoms. The van der Waals surface area contributed by atoms with Crippen molar-refractivity contribution in [1.82, 2.24) is 4.90 Å². The number of anilines is 2. The molecular weight excluding hydrogens is 480 g/mol. The van der Waals surface area contributed by atoms with Gasteiger partial charge in [-0.25, -0.2) is 0 Å². The van der Waals surface area contributed by atoms with Crippen LogP contribution in [-0.2, 0) is 9.59 Å². The molecule has 4 rings (SSSR count). The molecule has 1 aliphatic rings. The van der Waals surface area contributed by atoms with Gasteiger partial charge >= 0.3 is 0 Å². The molecule has 8 heteroatoms. The molecule has 0 fully saturated rings. The lowest BCUT2D eigenvalue weighted by Gasteiger charge is -2.24. The molecule has 3 aromatic rings. The number of amides is 2. The van der Waals surface area contributed by atoms with Crippen LogP contribution >= 0.6 is 0 Å². The van der Waals surface area contributed by atoms with E-state index in [-0.39, 0.29) is 11.8 Å². The zero-order valence-electron chi connectivity index (χ0n) is 22.5. The van der Waals surface area contributed by atoms with Crippen LogP contribution in [0.4, 0.5) is 17.1 Å².